The van der Waals surface area contributed by atoms with Crippen LogP contribution in [0.4, 0.5) is 0 Å². The molecular formula is C17H22OSi. The number of hydrogen-bond donors (Lipinski definition) is 0. The SMILES string of the molecule is CCC[SiH2]OCC(c1ccccc1)c1ccccc1. The lowest BCUT2D eigenvalue weighted by Crippen LogP contribution is -2.11. The molecule has 0 aromatic heterocycles. The minimum Gasteiger partial charge on any atom is -0.423 e. The van der Waals surface area contributed by atoms with E-state index in [1.165, 1.54) is 23.6 Å². The Morgan fingerprint density at radius 1 is 0.895 bits per heavy atom. The third kappa shape index (κ3) is 4.34. The molecule has 0 saturated heterocycles. The molecule has 0 aliphatic heterocycles. The van der Waals surface area contributed by atoms with Crippen molar-refractivity contribution in [3.8, 4) is 0 Å². The fourth-order valence-electron chi connectivity index (χ4n) is 2.20. The maximum Gasteiger partial charge on any atom is 0.161 e. The highest BCUT2D eigenvalue weighted by atomic mass is 28.2. The normalized spacial score (nSPS) is 11.5. The first-order valence-electron chi connectivity index (χ1n) is 7.09. The van der Waals surface area contributed by atoms with Crippen LogP contribution in [-0.4, -0.2) is 16.4 Å². The Kier molecular flexibility index (Phi) is 5.85. The molecule has 0 heterocycles. The highest BCUT2D eigenvalue weighted by Gasteiger charge is 2.13. The molecule has 0 unspecified atom stereocenters. The van der Waals surface area contributed by atoms with Gasteiger partial charge in [0.05, 0.1) is 0 Å². The molecule has 2 rings (SSSR count). The number of hydrogen-bond acceptors (Lipinski definition) is 1. The van der Waals surface area contributed by atoms with Crippen molar-refractivity contribution in [3.05, 3.63) is 71.8 Å². The Labute approximate surface area is 118 Å². The summed E-state index contributed by atoms with van der Waals surface area (Å²) in [6.45, 7) is 3.04. The van der Waals surface area contributed by atoms with E-state index >= 15 is 0 Å². The molecule has 0 fully saturated rings. The molecule has 2 heteroatoms. The molecule has 2 aromatic rings. The van der Waals surface area contributed by atoms with E-state index in [0.717, 1.165) is 6.61 Å². The fraction of sp³-hybridized carbons (Fsp3) is 0.294. The first-order valence-corrected chi connectivity index (χ1v) is 8.67. The Hall–Kier alpha value is -1.38. The summed E-state index contributed by atoms with van der Waals surface area (Å²) in [4.78, 5) is 0. The van der Waals surface area contributed by atoms with Crippen LogP contribution in [0.15, 0.2) is 60.7 Å². The van der Waals surface area contributed by atoms with Gasteiger partial charge in [-0.2, -0.15) is 0 Å². The minimum absolute atomic E-state index is 0.341. The van der Waals surface area contributed by atoms with Gasteiger partial charge >= 0.3 is 0 Å². The van der Waals surface area contributed by atoms with E-state index in [0.29, 0.717) is 5.92 Å². The van der Waals surface area contributed by atoms with Crippen molar-refractivity contribution in [1.29, 1.82) is 0 Å². The van der Waals surface area contributed by atoms with Crippen molar-refractivity contribution in [2.24, 2.45) is 0 Å². The largest absolute Gasteiger partial charge is 0.423 e. The third-order valence-electron chi connectivity index (χ3n) is 3.33. The summed E-state index contributed by atoms with van der Waals surface area (Å²) in [7, 11) is -0.341. The van der Waals surface area contributed by atoms with Crippen molar-refractivity contribution in [2.75, 3.05) is 6.61 Å². The standard InChI is InChI=1S/C17H22OSi/c1-2-13-19-18-14-17(15-9-5-3-6-10-15)16-11-7-4-8-12-16/h3-12,17H,2,13-14,19H2,1H3. The summed E-state index contributed by atoms with van der Waals surface area (Å²) in [5.74, 6) is 0.367. The lowest BCUT2D eigenvalue weighted by molar-refractivity contribution is 0.319. The summed E-state index contributed by atoms with van der Waals surface area (Å²) < 4.78 is 5.98. The molecular weight excluding hydrogens is 248 g/mol. The lowest BCUT2D eigenvalue weighted by atomic mass is 9.92. The van der Waals surface area contributed by atoms with Gasteiger partial charge in [-0.25, -0.2) is 0 Å². The van der Waals surface area contributed by atoms with Crippen molar-refractivity contribution in [2.45, 2.75) is 25.3 Å². The topological polar surface area (TPSA) is 9.23 Å². The summed E-state index contributed by atoms with van der Waals surface area (Å²) in [6.07, 6.45) is 1.24. The van der Waals surface area contributed by atoms with Crippen molar-refractivity contribution >= 4 is 9.76 Å². The van der Waals surface area contributed by atoms with Gasteiger partial charge in [-0.05, 0) is 17.2 Å². The lowest BCUT2D eigenvalue weighted by Gasteiger charge is -2.18. The molecule has 0 bridgehead atoms. The zero-order chi connectivity index (χ0) is 13.3. The Morgan fingerprint density at radius 2 is 1.42 bits per heavy atom. The second-order valence-electron chi connectivity index (χ2n) is 4.80. The predicted octanol–water partition coefficient (Wildman–Crippen LogP) is 3.75. The van der Waals surface area contributed by atoms with E-state index in [4.69, 9.17) is 4.43 Å². The van der Waals surface area contributed by atoms with Crippen LogP contribution in [-0.2, 0) is 4.43 Å². The van der Waals surface area contributed by atoms with Crippen LogP contribution in [0.25, 0.3) is 0 Å². The smallest absolute Gasteiger partial charge is 0.161 e. The average Bonchev–Trinajstić information content (AvgIpc) is 2.49. The third-order valence-corrected chi connectivity index (χ3v) is 4.85. The molecule has 0 aliphatic carbocycles. The minimum atomic E-state index is -0.341. The van der Waals surface area contributed by atoms with Crippen LogP contribution < -0.4 is 0 Å². The maximum atomic E-state index is 5.98. The molecule has 0 spiro atoms. The molecule has 0 atom stereocenters. The van der Waals surface area contributed by atoms with Crippen LogP contribution in [0, 0.1) is 0 Å². The average molecular weight is 270 g/mol. The molecule has 0 radical (unpaired) electrons. The zero-order valence-corrected chi connectivity index (χ0v) is 13.0. The summed E-state index contributed by atoms with van der Waals surface area (Å²) in [5, 5.41) is 0. The quantitative estimate of drug-likeness (QED) is 0.550. The predicted molar refractivity (Wildman–Crippen MR) is 84.3 cm³/mol. The van der Waals surface area contributed by atoms with Gasteiger partial charge in [0.15, 0.2) is 9.76 Å². The van der Waals surface area contributed by atoms with E-state index in [2.05, 4.69) is 67.6 Å². The maximum absolute atomic E-state index is 5.98. The molecule has 0 N–H and O–H groups in total. The van der Waals surface area contributed by atoms with E-state index in [-0.39, 0.29) is 9.76 Å². The Morgan fingerprint density at radius 3 is 1.89 bits per heavy atom. The summed E-state index contributed by atoms with van der Waals surface area (Å²) >= 11 is 0. The van der Waals surface area contributed by atoms with Gasteiger partial charge in [0.25, 0.3) is 0 Å². The van der Waals surface area contributed by atoms with Crippen LogP contribution in [0.5, 0.6) is 0 Å². The van der Waals surface area contributed by atoms with Crippen molar-refractivity contribution in [1.82, 2.24) is 0 Å². The highest BCUT2D eigenvalue weighted by Crippen LogP contribution is 2.24. The highest BCUT2D eigenvalue weighted by molar-refractivity contribution is 6.26. The van der Waals surface area contributed by atoms with E-state index in [9.17, 15) is 0 Å². The van der Waals surface area contributed by atoms with Gasteiger partial charge in [-0.3, -0.25) is 0 Å². The molecule has 0 saturated carbocycles. The first kappa shape index (κ1) is 14.0. The zero-order valence-electron chi connectivity index (χ0n) is 11.6. The van der Waals surface area contributed by atoms with E-state index in [1.54, 1.807) is 0 Å². The van der Waals surface area contributed by atoms with E-state index < -0.39 is 0 Å². The van der Waals surface area contributed by atoms with Gasteiger partial charge in [0.2, 0.25) is 0 Å². The van der Waals surface area contributed by atoms with Crippen LogP contribution in [0.3, 0.4) is 0 Å². The molecule has 100 valence electrons. The molecule has 1 nitrogen and oxygen atoms in total. The number of rotatable bonds is 7. The Bertz CT molecular complexity index is 416. The first-order chi connectivity index (χ1) is 9.42. The number of benzene rings is 2. The van der Waals surface area contributed by atoms with Gasteiger partial charge in [-0.1, -0.05) is 74.0 Å². The van der Waals surface area contributed by atoms with Crippen LogP contribution >= 0.6 is 0 Å². The monoisotopic (exact) mass is 270 g/mol. The summed E-state index contributed by atoms with van der Waals surface area (Å²) in [5.41, 5.74) is 2.69. The van der Waals surface area contributed by atoms with Crippen LogP contribution in [0.1, 0.15) is 30.4 Å². The van der Waals surface area contributed by atoms with Gasteiger partial charge < -0.3 is 4.43 Å². The fourth-order valence-corrected chi connectivity index (χ4v) is 3.10. The van der Waals surface area contributed by atoms with Crippen molar-refractivity contribution in [3.63, 3.8) is 0 Å². The van der Waals surface area contributed by atoms with Crippen LogP contribution in [0.2, 0.25) is 6.04 Å². The second kappa shape index (κ2) is 7.92. The Balaban J connectivity index is 2.10. The second-order valence-corrected chi connectivity index (χ2v) is 6.33. The van der Waals surface area contributed by atoms with E-state index in [1.807, 2.05) is 0 Å². The molecule has 19 heavy (non-hydrogen) atoms. The van der Waals surface area contributed by atoms with Gasteiger partial charge in [-0.15, -0.1) is 0 Å². The van der Waals surface area contributed by atoms with Crippen molar-refractivity contribution < 1.29 is 4.43 Å². The molecule has 0 aliphatic rings. The molecule has 2 aromatic carbocycles. The molecule has 0 amide bonds. The van der Waals surface area contributed by atoms with Gasteiger partial charge in [0, 0.05) is 12.5 Å². The summed E-state index contributed by atoms with van der Waals surface area (Å²) in [6, 6.07) is 22.6. The van der Waals surface area contributed by atoms with Gasteiger partial charge in [0.1, 0.15) is 0 Å².